The van der Waals surface area contributed by atoms with E-state index in [1.807, 2.05) is 18.2 Å². The zero-order valence-corrected chi connectivity index (χ0v) is 29.0. The van der Waals surface area contributed by atoms with Gasteiger partial charge in [-0.1, -0.05) is 140 Å². The second kappa shape index (κ2) is 12.0. The van der Waals surface area contributed by atoms with Crippen LogP contribution in [0.4, 0.5) is 0 Å². The van der Waals surface area contributed by atoms with E-state index < -0.39 is 0 Å². The molecule has 0 bridgehead atoms. The lowest BCUT2D eigenvalue weighted by atomic mass is 9.87. The highest BCUT2D eigenvalue weighted by Crippen LogP contribution is 2.40. The Kier molecular flexibility index (Phi) is 6.97. The molecule has 246 valence electrons. The quantitative estimate of drug-likeness (QED) is 0.172. The zero-order valence-electron chi connectivity index (χ0n) is 29.0. The molecule has 0 aliphatic carbocycles. The predicted octanol–water partition coefficient (Wildman–Crippen LogP) is 12.3. The topological polar surface area (TPSA) is 43.6 Å². The molecule has 10 rings (SSSR count). The van der Waals surface area contributed by atoms with Crippen LogP contribution in [0.25, 0.3) is 94.0 Å². The van der Waals surface area contributed by atoms with Crippen molar-refractivity contribution in [1.82, 2.24) is 19.5 Å². The highest BCUT2D eigenvalue weighted by atomic mass is 15.2. The van der Waals surface area contributed by atoms with Gasteiger partial charge in [0.25, 0.3) is 0 Å². The monoisotopic (exact) mass is 666 g/mol. The first-order chi connectivity index (χ1) is 25.7. The van der Waals surface area contributed by atoms with Crippen molar-refractivity contribution in [3.05, 3.63) is 169 Å². The van der Waals surface area contributed by atoms with Crippen LogP contribution in [0.15, 0.2) is 158 Å². The van der Waals surface area contributed by atoms with Crippen molar-refractivity contribution in [1.29, 1.82) is 0 Å². The van der Waals surface area contributed by atoms with E-state index in [1.165, 1.54) is 65.3 Å². The Bertz CT molecular complexity index is 2960. The molecule has 8 aromatic carbocycles. The van der Waals surface area contributed by atoms with Crippen molar-refractivity contribution in [3.63, 3.8) is 0 Å². The molecule has 0 unspecified atom stereocenters. The maximum atomic E-state index is 5.25. The number of aryl methyl sites for hydroxylation is 2. The number of aromatic nitrogens is 4. The van der Waals surface area contributed by atoms with Gasteiger partial charge in [0.05, 0.1) is 11.0 Å². The van der Waals surface area contributed by atoms with Crippen LogP contribution in [0.3, 0.4) is 0 Å². The maximum absolute atomic E-state index is 5.25. The molecule has 2 aromatic heterocycles. The number of benzene rings is 8. The van der Waals surface area contributed by atoms with E-state index >= 15 is 0 Å². The van der Waals surface area contributed by atoms with Gasteiger partial charge in [-0.25, -0.2) is 4.98 Å². The summed E-state index contributed by atoms with van der Waals surface area (Å²) in [5.74, 6) is 1.89. The smallest absolute Gasteiger partial charge is 0.238 e. The fourth-order valence-electron chi connectivity index (χ4n) is 8.07. The lowest BCUT2D eigenvalue weighted by Crippen LogP contribution is -2.06. The summed E-state index contributed by atoms with van der Waals surface area (Å²) in [6.07, 6.45) is 0.907. The first-order valence-electron chi connectivity index (χ1n) is 17.9. The highest BCUT2D eigenvalue weighted by Gasteiger charge is 2.19. The molecule has 0 saturated heterocycles. The highest BCUT2D eigenvalue weighted by molar-refractivity contribution is 6.26. The van der Waals surface area contributed by atoms with Gasteiger partial charge in [-0.3, -0.25) is 4.57 Å². The number of nitrogens with zero attached hydrogens (tertiary/aromatic N) is 4. The van der Waals surface area contributed by atoms with Crippen LogP contribution in [0.2, 0.25) is 0 Å². The Balaban J connectivity index is 1.22. The molecule has 0 N–H and O–H groups in total. The normalized spacial score (nSPS) is 11.7. The Hall–Kier alpha value is -6.65. The van der Waals surface area contributed by atoms with Crippen LogP contribution in [0.5, 0.6) is 0 Å². The number of fused-ring (bicyclic) bond motifs is 9. The predicted molar refractivity (Wildman–Crippen MR) is 217 cm³/mol. The number of para-hydroxylation sites is 2. The molecule has 4 nitrogen and oxygen atoms in total. The molecule has 10 aromatic rings. The summed E-state index contributed by atoms with van der Waals surface area (Å²) in [6, 6.07) is 56.2. The van der Waals surface area contributed by atoms with Crippen LogP contribution < -0.4 is 0 Å². The van der Waals surface area contributed by atoms with Crippen molar-refractivity contribution in [2.45, 2.75) is 20.3 Å². The van der Waals surface area contributed by atoms with Crippen LogP contribution in [0, 0.1) is 6.92 Å². The Morgan fingerprint density at radius 3 is 1.52 bits per heavy atom. The van der Waals surface area contributed by atoms with Gasteiger partial charge in [0.2, 0.25) is 5.95 Å². The van der Waals surface area contributed by atoms with Crippen molar-refractivity contribution < 1.29 is 0 Å². The summed E-state index contributed by atoms with van der Waals surface area (Å²) < 4.78 is 2.17. The standard InChI is InChI=1S/C48H34N4/c1-3-31-25-26-33(28-41(31)40-29-43-37-20-10-8-18-35(37)34-17-7-9-19-36(34)42(43)27-30(40)2)47-49-46(32-15-5-4-6-16-32)50-48(51-47)52-44-23-13-11-21-38(44)39-22-12-14-24-45(39)52/h4-29H,3H2,1-2H3. The van der Waals surface area contributed by atoms with E-state index in [0.29, 0.717) is 17.6 Å². The fraction of sp³-hybridized carbons (Fsp3) is 0.0625. The molecule has 0 atom stereocenters. The minimum atomic E-state index is 0.600. The van der Waals surface area contributed by atoms with Crippen molar-refractivity contribution in [2.24, 2.45) is 0 Å². The molecule has 0 spiro atoms. The second-order valence-corrected chi connectivity index (χ2v) is 13.5. The molecule has 0 aliphatic heterocycles. The average molecular weight is 667 g/mol. The molecule has 0 aliphatic rings. The molecule has 52 heavy (non-hydrogen) atoms. The third-order valence-corrected chi connectivity index (χ3v) is 10.6. The summed E-state index contributed by atoms with van der Waals surface area (Å²) in [6.45, 7) is 4.47. The number of hydrogen-bond donors (Lipinski definition) is 0. The summed E-state index contributed by atoms with van der Waals surface area (Å²) in [4.78, 5) is 15.5. The van der Waals surface area contributed by atoms with E-state index in [0.717, 1.165) is 28.6 Å². The average Bonchev–Trinajstić information content (AvgIpc) is 3.55. The number of rotatable bonds is 5. The van der Waals surface area contributed by atoms with Crippen LogP contribution >= 0.6 is 0 Å². The van der Waals surface area contributed by atoms with Crippen LogP contribution in [-0.2, 0) is 6.42 Å². The van der Waals surface area contributed by atoms with E-state index in [9.17, 15) is 0 Å². The molecule has 0 saturated carbocycles. The van der Waals surface area contributed by atoms with Gasteiger partial charge in [0, 0.05) is 21.9 Å². The minimum absolute atomic E-state index is 0.600. The van der Waals surface area contributed by atoms with Crippen molar-refractivity contribution >= 4 is 54.1 Å². The van der Waals surface area contributed by atoms with Gasteiger partial charge >= 0.3 is 0 Å². The lowest BCUT2D eigenvalue weighted by Gasteiger charge is -2.17. The fourth-order valence-corrected chi connectivity index (χ4v) is 8.07. The van der Waals surface area contributed by atoms with Gasteiger partial charge in [-0.15, -0.1) is 0 Å². The summed E-state index contributed by atoms with van der Waals surface area (Å²) in [5, 5.41) is 10.0. The molecular weight excluding hydrogens is 633 g/mol. The summed E-state index contributed by atoms with van der Waals surface area (Å²) >= 11 is 0. The van der Waals surface area contributed by atoms with E-state index in [1.54, 1.807) is 0 Å². The molecule has 0 radical (unpaired) electrons. The molecule has 0 fully saturated rings. The lowest BCUT2D eigenvalue weighted by molar-refractivity contribution is 0.953. The summed E-state index contributed by atoms with van der Waals surface area (Å²) in [5.41, 5.74) is 8.99. The Morgan fingerprint density at radius 2 is 0.923 bits per heavy atom. The van der Waals surface area contributed by atoms with Gasteiger partial charge in [0.15, 0.2) is 11.6 Å². The largest absolute Gasteiger partial charge is 0.278 e. The minimum Gasteiger partial charge on any atom is -0.278 e. The van der Waals surface area contributed by atoms with Gasteiger partial charge in [-0.05, 0) is 92.2 Å². The van der Waals surface area contributed by atoms with Crippen LogP contribution in [0.1, 0.15) is 18.1 Å². The third-order valence-electron chi connectivity index (χ3n) is 10.6. The van der Waals surface area contributed by atoms with E-state index in [-0.39, 0.29) is 0 Å². The molecule has 0 amide bonds. The number of hydrogen-bond acceptors (Lipinski definition) is 3. The molecular formula is C48H34N4. The second-order valence-electron chi connectivity index (χ2n) is 13.5. The summed E-state index contributed by atoms with van der Waals surface area (Å²) in [7, 11) is 0. The first-order valence-corrected chi connectivity index (χ1v) is 17.9. The van der Waals surface area contributed by atoms with Gasteiger partial charge in [0.1, 0.15) is 0 Å². The van der Waals surface area contributed by atoms with Gasteiger partial charge in [-0.2, -0.15) is 9.97 Å². The van der Waals surface area contributed by atoms with Crippen LogP contribution in [-0.4, -0.2) is 19.5 Å². The van der Waals surface area contributed by atoms with E-state index in [2.05, 4.69) is 158 Å². The zero-order chi connectivity index (χ0) is 34.8. The maximum Gasteiger partial charge on any atom is 0.238 e. The van der Waals surface area contributed by atoms with E-state index in [4.69, 9.17) is 15.0 Å². The molecule has 2 heterocycles. The van der Waals surface area contributed by atoms with Crippen molar-refractivity contribution in [2.75, 3.05) is 0 Å². The van der Waals surface area contributed by atoms with Crippen molar-refractivity contribution in [3.8, 4) is 39.9 Å². The Labute approximate surface area is 301 Å². The third kappa shape index (κ3) is 4.72. The Morgan fingerprint density at radius 1 is 0.423 bits per heavy atom. The molecule has 4 heteroatoms. The first kappa shape index (κ1) is 30.2. The van der Waals surface area contributed by atoms with Gasteiger partial charge < -0.3 is 0 Å². The SMILES string of the molecule is CCc1ccc(-c2nc(-c3ccccc3)nc(-n3c4ccccc4c4ccccc43)n2)cc1-c1cc2c3ccccc3c3ccccc3c2cc1C.